The molecule has 0 aromatic heterocycles. The highest BCUT2D eigenvalue weighted by Gasteiger charge is 2.19. The summed E-state index contributed by atoms with van der Waals surface area (Å²) in [6, 6.07) is 19.3. The molecule has 0 bridgehead atoms. The molecule has 2 amide bonds. The van der Waals surface area contributed by atoms with Gasteiger partial charge in [-0.25, -0.2) is 0 Å². The van der Waals surface area contributed by atoms with Crippen molar-refractivity contribution in [1.29, 1.82) is 0 Å². The van der Waals surface area contributed by atoms with E-state index in [0.717, 1.165) is 24.2 Å². The van der Waals surface area contributed by atoms with Crippen molar-refractivity contribution >= 4 is 23.2 Å². The molecule has 1 N–H and O–H groups in total. The zero-order valence-electron chi connectivity index (χ0n) is 17.1. The fourth-order valence-electron chi connectivity index (χ4n) is 3.22. The summed E-state index contributed by atoms with van der Waals surface area (Å²) in [6.45, 7) is 4.22. The van der Waals surface area contributed by atoms with Crippen LogP contribution in [0.4, 0.5) is 11.4 Å². The number of hydrogen-bond acceptors (Lipinski definition) is 2. The van der Waals surface area contributed by atoms with Crippen molar-refractivity contribution in [3.8, 4) is 0 Å². The van der Waals surface area contributed by atoms with E-state index in [0.29, 0.717) is 0 Å². The zero-order valence-corrected chi connectivity index (χ0v) is 17.1. The second kappa shape index (κ2) is 12.0. The Morgan fingerprint density at radius 2 is 1.43 bits per heavy atom. The fourth-order valence-corrected chi connectivity index (χ4v) is 3.22. The summed E-state index contributed by atoms with van der Waals surface area (Å²) in [5.74, 6) is -0.138. The summed E-state index contributed by atoms with van der Waals surface area (Å²) < 4.78 is 0. The first-order valence-electron chi connectivity index (χ1n) is 10.3. The maximum atomic E-state index is 12.9. The van der Waals surface area contributed by atoms with Crippen molar-refractivity contribution in [2.24, 2.45) is 0 Å². The van der Waals surface area contributed by atoms with Crippen LogP contribution >= 0.6 is 0 Å². The molecule has 0 radical (unpaired) electrons. The molecule has 0 aliphatic rings. The van der Waals surface area contributed by atoms with E-state index in [2.05, 4.69) is 12.2 Å². The van der Waals surface area contributed by atoms with Gasteiger partial charge >= 0.3 is 0 Å². The SMILES string of the molecule is CCCCCCC(C)NC(=O)CCC(=O)N(c1ccccc1)c1ccccc1. The van der Waals surface area contributed by atoms with Gasteiger partial charge in [-0.05, 0) is 37.6 Å². The molecule has 1 atom stereocenters. The summed E-state index contributed by atoms with van der Waals surface area (Å²) in [5.41, 5.74) is 1.62. The van der Waals surface area contributed by atoms with E-state index in [1.807, 2.05) is 67.6 Å². The molecule has 0 aliphatic carbocycles. The first kappa shape index (κ1) is 21.7. The molecule has 150 valence electrons. The molecule has 2 rings (SSSR count). The Labute approximate surface area is 169 Å². The Morgan fingerprint density at radius 1 is 0.857 bits per heavy atom. The molecule has 4 nitrogen and oxygen atoms in total. The Balaban J connectivity index is 1.90. The molecule has 4 heteroatoms. The number of unbranched alkanes of at least 4 members (excludes halogenated alkanes) is 3. The molecule has 0 saturated carbocycles. The van der Waals surface area contributed by atoms with Crippen molar-refractivity contribution in [2.45, 2.75) is 64.8 Å². The van der Waals surface area contributed by atoms with Gasteiger partial charge < -0.3 is 5.32 Å². The van der Waals surface area contributed by atoms with E-state index in [4.69, 9.17) is 0 Å². The van der Waals surface area contributed by atoms with Crippen molar-refractivity contribution in [3.63, 3.8) is 0 Å². The van der Waals surface area contributed by atoms with Crippen molar-refractivity contribution in [2.75, 3.05) is 4.90 Å². The van der Waals surface area contributed by atoms with Crippen LogP contribution in [-0.2, 0) is 9.59 Å². The molecule has 0 spiro atoms. The number of nitrogens with zero attached hydrogens (tertiary/aromatic N) is 1. The van der Waals surface area contributed by atoms with Crippen LogP contribution < -0.4 is 10.2 Å². The largest absolute Gasteiger partial charge is 0.354 e. The first-order valence-corrected chi connectivity index (χ1v) is 10.3. The van der Waals surface area contributed by atoms with E-state index in [1.54, 1.807) is 4.90 Å². The lowest BCUT2D eigenvalue weighted by atomic mass is 10.1. The number of anilines is 2. The minimum absolute atomic E-state index is 0.0579. The fraction of sp³-hybridized carbons (Fsp3) is 0.417. The van der Waals surface area contributed by atoms with Crippen LogP contribution in [0.2, 0.25) is 0 Å². The second-order valence-electron chi connectivity index (χ2n) is 7.22. The van der Waals surface area contributed by atoms with Gasteiger partial charge in [-0.3, -0.25) is 14.5 Å². The Bertz CT molecular complexity index is 676. The average molecular weight is 381 g/mol. The third-order valence-corrected chi connectivity index (χ3v) is 4.74. The molecule has 0 saturated heterocycles. The van der Waals surface area contributed by atoms with Crippen LogP contribution in [0.3, 0.4) is 0 Å². The van der Waals surface area contributed by atoms with Gasteiger partial charge in [-0.2, -0.15) is 0 Å². The molecule has 0 aliphatic heterocycles. The molecular weight excluding hydrogens is 348 g/mol. The normalized spacial score (nSPS) is 11.6. The van der Waals surface area contributed by atoms with Crippen LogP contribution in [0.5, 0.6) is 0 Å². The van der Waals surface area contributed by atoms with Gasteiger partial charge in [-0.1, -0.05) is 69.0 Å². The maximum absolute atomic E-state index is 12.9. The van der Waals surface area contributed by atoms with Gasteiger partial charge in [-0.15, -0.1) is 0 Å². The number of rotatable bonds is 11. The Hall–Kier alpha value is -2.62. The van der Waals surface area contributed by atoms with Gasteiger partial charge in [0.1, 0.15) is 0 Å². The molecule has 0 heterocycles. The van der Waals surface area contributed by atoms with E-state index in [-0.39, 0.29) is 30.7 Å². The summed E-state index contributed by atoms with van der Waals surface area (Å²) in [5, 5.41) is 3.02. The highest BCUT2D eigenvalue weighted by molar-refractivity contribution is 6.01. The number of benzene rings is 2. The van der Waals surface area contributed by atoms with E-state index >= 15 is 0 Å². The van der Waals surface area contributed by atoms with Crippen LogP contribution in [0.1, 0.15) is 58.8 Å². The topological polar surface area (TPSA) is 49.4 Å². The lowest BCUT2D eigenvalue weighted by Gasteiger charge is -2.23. The van der Waals surface area contributed by atoms with Gasteiger partial charge in [0.05, 0.1) is 0 Å². The Kier molecular flexibility index (Phi) is 9.26. The predicted molar refractivity (Wildman–Crippen MR) is 116 cm³/mol. The number of para-hydroxylation sites is 2. The smallest absolute Gasteiger partial charge is 0.232 e. The molecular formula is C24H32N2O2. The predicted octanol–water partition coefficient (Wildman–Crippen LogP) is 5.61. The number of amides is 2. The van der Waals surface area contributed by atoms with E-state index in [1.165, 1.54) is 19.3 Å². The monoisotopic (exact) mass is 380 g/mol. The van der Waals surface area contributed by atoms with Gasteiger partial charge in [0, 0.05) is 30.3 Å². The van der Waals surface area contributed by atoms with Crippen molar-refractivity contribution < 1.29 is 9.59 Å². The molecule has 2 aromatic carbocycles. The maximum Gasteiger partial charge on any atom is 0.232 e. The lowest BCUT2D eigenvalue weighted by Crippen LogP contribution is -2.34. The van der Waals surface area contributed by atoms with Crippen LogP contribution in [-0.4, -0.2) is 17.9 Å². The van der Waals surface area contributed by atoms with Crippen LogP contribution in [0, 0.1) is 0 Å². The molecule has 1 unspecified atom stereocenters. The quantitative estimate of drug-likeness (QED) is 0.515. The number of hydrogen-bond donors (Lipinski definition) is 1. The Morgan fingerprint density at radius 3 is 1.96 bits per heavy atom. The van der Waals surface area contributed by atoms with E-state index < -0.39 is 0 Å². The zero-order chi connectivity index (χ0) is 20.2. The van der Waals surface area contributed by atoms with Crippen LogP contribution in [0.25, 0.3) is 0 Å². The summed E-state index contributed by atoms with van der Waals surface area (Å²) in [4.78, 5) is 26.9. The average Bonchev–Trinajstić information content (AvgIpc) is 2.71. The number of nitrogens with one attached hydrogen (secondary N) is 1. The molecule has 2 aromatic rings. The van der Waals surface area contributed by atoms with Crippen LogP contribution in [0.15, 0.2) is 60.7 Å². The molecule has 0 fully saturated rings. The summed E-state index contributed by atoms with van der Waals surface area (Å²) in [6.07, 6.45) is 6.15. The minimum Gasteiger partial charge on any atom is -0.354 e. The van der Waals surface area contributed by atoms with E-state index in [9.17, 15) is 9.59 Å². The summed E-state index contributed by atoms with van der Waals surface area (Å²) in [7, 11) is 0. The standard InChI is InChI=1S/C24H32N2O2/c1-3-4-5-8-13-20(2)25-23(27)18-19-24(28)26(21-14-9-6-10-15-21)22-16-11-7-12-17-22/h6-7,9-12,14-17,20H,3-5,8,13,18-19H2,1-2H3,(H,25,27). The summed E-state index contributed by atoms with van der Waals surface area (Å²) >= 11 is 0. The number of carbonyl (C=O) groups is 2. The van der Waals surface area contributed by atoms with Crippen molar-refractivity contribution in [1.82, 2.24) is 5.32 Å². The van der Waals surface area contributed by atoms with Gasteiger partial charge in [0.15, 0.2) is 0 Å². The number of carbonyl (C=O) groups excluding carboxylic acids is 2. The van der Waals surface area contributed by atoms with Crippen molar-refractivity contribution in [3.05, 3.63) is 60.7 Å². The second-order valence-corrected chi connectivity index (χ2v) is 7.22. The minimum atomic E-state index is -0.0804. The molecule has 28 heavy (non-hydrogen) atoms. The third-order valence-electron chi connectivity index (χ3n) is 4.74. The lowest BCUT2D eigenvalue weighted by molar-refractivity contribution is -0.125. The van der Waals surface area contributed by atoms with Gasteiger partial charge in [0.25, 0.3) is 0 Å². The highest BCUT2D eigenvalue weighted by Crippen LogP contribution is 2.26. The first-order chi connectivity index (χ1) is 13.6. The third kappa shape index (κ3) is 7.18. The highest BCUT2D eigenvalue weighted by atomic mass is 16.2. The van der Waals surface area contributed by atoms with Gasteiger partial charge in [0.2, 0.25) is 11.8 Å².